The van der Waals surface area contributed by atoms with Crippen LogP contribution in [0.4, 0.5) is 5.69 Å². The van der Waals surface area contributed by atoms with Gasteiger partial charge in [0, 0.05) is 17.7 Å². The first kappa shape index (κ1) is 14.9. The van der Waals surface area contributed by atoms with Gasteiger partial charge in [0.05, 0.1) is 18.6 Å². The number of methoxy groups -OCH3 is 1. The number of ether oxygens (including phenoxy) is 1. The van der Waals surface area contributed by atoms with Gasteiger partial charge in [-0.3, -0.25) is 10.1 Å². The lowest BCUT2D eigenvalue weighted by atomic mass is 10.2. The molecule has 0 fully saturated rings. The lowest BCUT2D eigenvalue weighted by Crippen LogP contribution is -2.21. The van der Waals surface area contributed by atoms with Crippen molar-refractivity contribution in [2.45, 2.75) is 26.4 Å². The van der Waals surface area contributed by atoms with E-state index in [1.807, 2.05) is 13.8 Å². The molecule has 0 aliphatic carbocycles. The van der Waals surface area contributed by atoms with E-state index in [-0.39, 0.29) is 17.3 Å². The molecule has 112 valence electrons. The highest BCUT2D eigenvalue weighted by molar-refractivity contribution is 5.62. The number of nitrogens with zero attached hydrogens (tertiary/aromatic N) is 3. The summed E-state index contributed by atoms with van der Waals surface area (Å²) in [4.78, 5) is 10.5. The van der Waals surface area contributed by atoms with Gasteiger partial charge in [0.25, 0.3) is 0 Å². The van der Waals surface area contributed by atoms with E-state index in [4.69, 9.17) is 9.15 Å². The second kappa shape index (κ2) is 6.31. The molecular weight excluding hydrogens is 276 g/mol. The number of rotatable bonds is 6. The molecule has 2 rings (SSSR count). The summed E-state index contributed by atoms with van der Waals surface area (Å²) >= 11 is 0. The molecule has 1 heterocycles. The van der Waals surface area contributed by atoms with Crippen LogP contribution in [0.25, 0.3) is 11.5 Å². The third kappa shape index (κ3) is 3.54. The van der Waals surface area contributed by atoms with E-state index in [2.05, 4.69) is 15.5 Å². The van der Waals surface area contributed by atoms with Crippen molar-refractivity contribution < 1.29 is 14.1 Å². The first-order valence-electron chi connectivity index (χ1n) is 6.40. The van der Waals surface area contributed by atoms with Crippen LogP contribution in [0.1, 0.15) is 19.7 Å². The van der Waals surface area contributed by atoms with Crippen LogP contribution in [-0.2, 0) is 6.54 Å². The van der Waals surface area contributed by atoms with Gasteiger partial charge in [-0.05, 0) is 12.1 Å². The minimum atomic E-state index is -0.514. The first-order chi connectivity index (χ1) is 10.0. The molecule has 0 saturated heterocycles. The minimum Gasteiger partial charge on any atom is -0.490 e. The molecule has 0 spiro atoms. The Hall–Kier alpha value is -2.48. The SMILES string of the molecule is COc1ccc(-c2nnc(CNC(C)C)o2)cc1[N+](=O)[O-]. The molecule has 2 aromatic rings. The van der Waals surface area contributed by atoms with Gasteiger partial charge >= 0.3 is 5.69 Å². The third-order valence-electron chi connectivity index (χ3n) is 2.75. The second-order valence-corrected chi connectivity index (χ2v) is 4.68. The molecule has 1 aromatic heterocycles. The Morgan fingerprint density at radius 2 is 2.19 bits per heavy atom. The van der Waals surface area contributed by atoms with Gasteiger partial charge in [0.2, 0.25) is 11.8 Å². The normalized spacial score (nSPS) is 10.9. The largest absolute Gasteiger partial charge is 0.490 e. The average Bonchev–Trinajstić information content (AvgIpc) is 2.93. The number of hydrogen-bond donors (Lipinski definition) is 1. The summed E-state index contributed by atoms with van der Waals surface area (Å²) in [6.45, 7) is 4.46. The van der Waals surface area contributed by atoms with Crippen molar-refractivity contribution in [3.63, 3.8) is 0 Å². The molecule has 8 nitrogen and oxygen atoms in total. The van der Waals surface area contributed by atoms with E-state index in [9.17, 15) is 10.1 Å². The monoisotopic (exact) mass is 292 g/mol. The van der Waals surface area contributed by atoms with Crippen LogP contribution in [0, 0.1) is 10.1 Å². The number of hydrogen-bond acceptors (Lipinski definition) is 7. The number of nitro groups is 1. The first-order valence-corrected chi connectivity index (χ1v) is 6.40. The summed E-state index contributed by atoms with van der Waals surface area (Å²) in [5.41, 5.74) is 0.334. The molecule has 0 radical (unpaired) electrons. The number of nitro benzene ring substituents is 1. The van der Waals surface area contributed by atoms with E-state index in [1.165, 1.54) is 19.2 Å². The van der Waals surface area contributed by atoms with Crippen LogP contribution >= 0.6 is 0 Å². The fraction of sp³-hybridized carbons (Fsp3) is 0.385. The van der Waals surface area contributed by atoms with Gasteiger partial charge in [-0.1, -0.05) is 13.8 Å². The van der Waals surface area contributed by atoms with Crippen LogP contribution in [-0.4, -0.2) is 28.3 Å². The van der Waals surface area contributed by atoms with Crippen LogP contribution in [0.2, 0.25) is 0 Å². The molecular formula is C13H16N4O4. The van der Waals surface area contributed by atoms with Gasteiger partial charge in [0.1, 0.15) is 0 Å². The standard InChI is InChI=1S/C13H16N4O4/c1-8(2)14-7-12-15-16-13(21-12)9-4-5-11(20-3)10(6-9)17(18)19/h4-6,8,14H,7H2,1-3H3. The summed E-state index contributed by atoms with van der Waals surface area (Å²) in [7, 11) is 1.38. The van der Waals surface area contributed by atoms with Gasteiger partial charge in [-0.25, -0.2) is 0 Å². The molecule has 0 unspecified atom stereocenters. The topological polar surface area (TPSA) is 103 Å². The lowest BCUT2D eigenvalue weighted by molar-refractivity contribution is -0.385. The fourth-order valence-electron chi connectivity index (χ4n) is 1.70. The Bertz CT molecular complexity index is 639. The summed E-state index contributed by atoms with van der Waals surface area (Å²) in [5.74, 6) is 0.850. The van der Waals surface area contributed by atoms with Gasteiger partial charge in [0.15, 0.2) is 5.75 Å². The zero-order valence-electron chi connectivity index (χ0n) is 12.0. The van der Waals surface area contributed by atoms with Crippen LogP contribution in [0.15, 0.2) is 22.6 Å². The van der Waals surface area contributed by atoms with Gasteiger partial charge < -0.3 is 14.5 Å². The Balaban J connectivity index is 2.26. The zero-order chi connectivity index (χ0) is 15.4. The summed E-state index contributed by atoms with van der Waals surface area (Å²) < 4.78 is 10.4. The van der Waals surface area contributed by atoms with Crippen molar-refractivity contribution in [3.05, 3.63) is 34.2 Å². The van der Waals surface area contributed by atoms with Crippen molar-refractivity contribution >= 4 is 5.69 Å². The molecule has 8 heteroatoms. The Kier molecular flexibility index (Phi) is 4.49. The van der Waals surface area contributed by atoms with E-state index in [1.54, 1.807) is 6.07 Å². The maximum absolute atomic E-state index is 11.0. The van der Waals surface area contributed by atoms with Crippen molar-refractivity contribution in [2.24, 2.45) is 0 Å². The Morgan fingerprint density at radius 3 is 2.81 bits per heavy atom. The maximum atomic E-state index is 11.0. The molecule has 21 heavy (non-hydrogen) atoms. The molecule has 0 amide bonds. The van der Waals surface area contributed by atoms with Crippen molar-refractivity contribution in [3.8, 4) is 17.2 Å². The Morgan fingerprint density at radius 1 is 1.43 bits per heavy atom. The van der Waals surface area contributed by atoms with Crippen LogP contribution in [0.5, 0.6) is 5.75 Å². The van der Waals surface area contributed by atoms with Crippen molar-refractivity contribution in [1.29, 1.82) is 0 Å². The van der Waals surface area contributed by atoms with Crippen molar-refractivity contribution in [1.82, 2.24) is 15.5 Å². The van der Waals surface area contributed by atoms with Crippen LogP contribution in [0.3, 0.4) is 0 Å². The lowest BCUT2D eigenvalue weighted by Gasteiger charge is -2.03. The summed E-state index contributed by atoms with van der Waals surface area (Å²) in [6, 6.07) is 4.79. The molecule has 0 aliphatic rings. The highest BCUT2D eigenvalue weighted by atomic mass is 16.6. The van der Waals surface area contributed by atoms with Gasteiger partial charge in [-0.2, -0.15) is 0 Å². The number of aromatic nitrogens is 2. The number of nitrogens with one attached hydrogen (secondary N) is 1. The highest BCUT2D eigenvalue weighted by Gasteiger charge is 2.18. The third-order valence-corrected chi connectivity index (χ3v) is 2.75. The second-order valence-electron chi connectivity index (χ2n) is 4.68. The smallest absolute Gasteiger partial charge is 0.311 e. The summed E-state index contributed by atoms with van der Waals surface area (Å²) in [6.07, 6.45) is 0. The fourth-order valence-corrected chi connectivity index (χ4v) is 1.70. The number of benzene rings is 1. The predicted molar refractivity (Wildman–Crippen MR) is 74.9 cm³/mol. The minimum absolute atomic E-state index is 0.143. The summed E-state index contributed by atoms with van der Waals surface area (Å²) in [5, 5.41) is 21.9. The molecule has 1 aromatic carbocycles. The molecule has 0 saturated carbocycles. The van der Waals surface area contributed by atoms with E-state index in [0.29, 0.717) is 24.0 Å². The van der Waals surface area contributed by atoms with E-state index >= 15 is 0 Å². The molecule has 1 N–H and O–H groups in total. The van der Waals surface area contributed by atoms with Gasteiger partial charge in [-0.15, -0.1) is 10.2 Å². The van der Waals surface area contributed by atoms with E-state index in [0.717, 1.165) is 0 Å². The average molecular weight is 292 g/mol. The maximum Gasteiger partial charge on any atom is 0.311 e. The van der Waals surface area contributed by atoms with Crippen LogP contribution < -0.4 is 10.1 Å². The zero-order valence-corrected chi connectivity index (χ0v) is 12.0. The molecule has 0 aliphatic heterocycles. The molecule has 0 bridgehead atoms. The molecule has 0 atom stereocenters. The highest BCUT2D eigenvalue weighted by Crippen LogP contribution is 2.31. The van der Waals surface area contributed by atoms with Crippen molar-refractivity contribution in [2.75, 3.05) is 7.11 Å². The van der Waals surface area contributed by atoms with E-state index < -0.39 is 4.92 Å². The quantitative estimate of drug-likeness (QED) is 0.642. The predicted octanol–water partition coefficient (Wildman–Crippen LogP) is 2.15. The Labute approximate surface area is 121 Å².